The van der Waals surface area contributed by atoms with Gasteiger partial charge in [-0.25, -0.2) is 9.59 Å². The molecule has 0 fully saturated rings. The van der Waals surface area contributed by atoms with Gasteiger partial charge in [0, 0.05) is 5.02 Å². The third-order valence-corrected chi connectivity index (χ3v) is 1.99. The third-order valence-electron chi connectivity index (χ3n) is 1.73. The quantitative estimate of drug-likeness (QED) is 0.573. The molecule has 92 valence electrons. The van der Waals surface area contributed by atoms with E-state index in [2.05, 4.69) is 14.3 Å². The molecule has 1 amide bonds. The van der Waals surface area contributed by atoms with E-state index in [0.717, 1.165) is 14.2 Å². The zero-order valence-electron chi connectivity index (χ0n) is 9.18. The van der Waals surface area contributed by atoms with Gasteiger partial charge in [-0.3, -0.25) is 4.84 Å². The Hall–Kier alpha value is -1.95. The van der Waals surface area contributed by atoms with Crippen molar-refractivity contribution in [1.29, 1.82) is 0 Å². The van der Waals surface area contributed by atoms with Gasteiger partial charge < -0.3 is 9.47 Å². The van der Waals surface area contributed by atoms with Crippen LogP contribution in [0, 0.1) is 0 Å². The van der Waals surface area contributed by atoms with Crippen molar-refractivity contribution in [1.82, 2.24) is 0 Å². The normalized spacial score (nSPS) is 9.35. The number of hydrogen-bond donors (Lipinski definition) is 0. The fraction of sp³-hybridized carbons (Fsp3) is 0.200. The molecule has 0 atom stereocenters. The van der Waals surface area contributed by atoms with Crippen molar-refractivity contribution in [2.75, 3.05) is 19.3 Å². The van der Waals surface area contributed by atoms with Crippen LogP contribution in [0.25, 0.3) is 0 Å². The first-order valence-electron chi connectivity index (χ1n) is 4.48. The highest BCUT2D eigenvalue weighted by molar-refractivity contribution is 6.30. The molecule has 0 N–H and O–H groups in total. The maximum absolute atomic E-state index is 11.4. The van der Waals surface area contributed by atoms with E-state index >= 15 is 0 Å². The largest absolute Gasteiger partial charge is 0.533 e. The number of carbonyl (C=O) groups is 2. The molecule has 0 radical (unpaired) electrons. The van der Waals surface area contributed by atoms with Gasteiger partial charge in [0.25, 0.3) is 0 Å². The first-order chi connectivity index (χ1) is 8.08. The van der Waals surface area contributed by atoms with Crippen molar-refractivity contribution in [2.24, 2.45) is 0 Å². The summed E-state index contributed by atoms with van der Waals surface area (Å²) < 4.78 is 8.75. The summed E-state index contributed by atoms with van der Waals surface area (Å²) in [5.41, 5.74) is 0.284. The summed E-state index contributed by atoms with van der Waals surface area (Å²) in [7, 11) is 2.28. The molecule has 1 aromatic rings. The van der Waals surface area contributed by atoms with Crippen LogP contribution >= 0.6 is 11.6 Å². The first kappa shape index (κ1) is 13.1. The number of anilines is 1. The van der Waals surface area contributed by atoms with E-state index in [0.29, 0.717) is 10.1 Å². The van der Waals surface area contributed by atoms with E-state index in [1.807, 2.05) is 0 Å². The summed E-state index contributed by atoms with van der Waals surface area (Å²) >= 11 is 5.70. The second-order valence-electron chi connectivity index (χ2n) is 2.79. The van der Waals surface area contributed by atoms with E-state index in [1.54, 1.807) is 0 Å². The van der Waals surface area contributed by atoms with Crippen molar-refractivity contribution in [3.8, 4) is 0 Å². The third kappa shape index (κ3) is 3.53. The molecule has 1 rings (SSSR count). The van der Waals surface area contributed by atoms with Gasteiger partial charge in [-0.1, -0.05) is 11.6 Å². The van der Waals surface area contributed by atoms with Crippen molar-refractivity contribution in [2.45, 2.75) is 0 Å². The molecular formula is C10H10ClNO5. The van der Waals surface area contributed by atoms with Gasteiger partial charge >= 0.3 is 12.2 Å². The zero-order valence-corrected chi connectivity index (χ0v) is 9.93. The minimum atomic E-state index is -1.04. The minimum absolute atomic E-state index is 0.284. The van der Waals surface area contributed by atoms with Crippen molar-refractivity contribution < 1.29 is 23.9 Å². The smallest absolute Gasteiger partial charge is 0.450 e. The van der Waals surface area contributed by atoms with Crippen LogP contribution in [0.15, 0.2) is 24.3 Å². The lowest BCUT2D eigenvalue weighted by molar-refractivity contribution is 0.0572. The summed E-state index contributed by atoms with van der Waals surface area (Å²) in [6.07, 6.45) is -1.90. The Morgan fingerprint density at radius 3 is 2.18 bits per heavy atom. The van der Waals surface area contributed by atoms with E-state index in [1.165, 1.54) is 24.3 Å². The number of rotatable bonds is 1. The highest BCUT2D eigenvalue weighted by Gasteiger charge is 2.21. The van der Waals surface area contributed by atoms with Crippen LogP contribution in [0.1, 0.15) is 0 Å². The molecule has 0 aliphatic heterocycles. The maximum atomic E-state index is 11.4. The molecule has 7 heteroatoms. The summed E-state index contributed by atoms with van der Waals surface area (Å²) in [6.45, 7) is 0. The van der Waals surface area contributed by atoms with E-state index in [4.69, 9.17) is 11.6 Å². The number of carbonyl (C=O) groups excluding carboxylic acids is 2. The lowest BCUT2D eigenvalue weighted by Crippen LogP contribution is -2.33. The zero-order chi connectivity index (χ0) is 12.8. The molecule has 0 spiro atoms. The van der Waals surface area contributed by atoms with Crippen LogP contribution in [-0.4, -0.2) is 26.5 Å². The minimum Gasteiger partial charge on any atom is -0.450 e. The Morgan fingerprint density at radius 1 is 1.12 bits per heavy atom. The maximum Gasteiger partial charge on any atom is 0.533 e. The topological polar surface area (TPSA) is 65.1 Å². The molecular weight excluding hydrogens is 250 g/mol. The number of methoxy groups -OCH3 is 2. The van der Waals surface area contributed by atoms with Crippen molar-refractivity contribution in [3.05, 3.63) is 29.3 Å². The van der Waals surface area contributed by atoms with Gasteiger partial charge in [-0.05, 0) is 24.3 Å². The van der Waals surface area contributed by atoms with Gasteiger partial charge in [0.1, 0.15) is 0 Å². The highest BCUT2D eigenvalue weighted by atomic mass is 35.5. The van der Waals surface area contributed by atoms with Crippen molar-refractivity contribution >= 4 is 29.5 Å². The molecule has 0 saturated heterocycles. The molecule has 0 aromatic heterocycles. The van der Waals surface area contributed by atoms with E-state index in [9.17, 15) is 9.59 Å². The van der Waals surface area contributed by atoms with Gasteiger partial charge in [0.15, 0.2) is 0 Å². The van der Waals surface area contributed by atoms with Gasteiger partial charge in [0.2, 0.25) is 0 Å². The molecule has 17 heavy (non-hydrogen) atoms. The second-order valence-corrected chi connectivity index (χ2v) is 3.22. The van der Waals surface area contributed by atoms with Gasteiger partial charge in [-0.2, -0.15) is 0 Å². The lowest BCUT2D eigenvalue weighted by Gasteiger charge is -2.18. The monoisotopic (exact) mass is 259 g/mol. The van der Waals surface area contributed by atoms with Crippen LogP contribution in [0.4, 0.5) is 15.3 Å². The molecule has 0 aliphatic carbocycles. The molecule has 1 aromatic carbocycles. The molecule has 0 bridgehead atoms. The van der Waals surface area contributed by atoms with E-state index in [-0.39, 0.29) is 5.69 Å². The van der Waals surface area contributed by atoms with Crippen LogP contribution in [0.2, 0.25) is 5.02 Å². The molecule has 0 unspecified atom stereocenters. The Bertz CT molecular complexity index is 406. The number of amides is 1. The van der Waals surface area contributed by atoms with Crippen LogP contribution < -0.4 is 5.06 Å². The fourth-order valence-electron chi connectivity index (χ4n) is 0.967. The Kier molecular flexibility index (Phi) is 4.59. The second kappa shape index (κ2) is 5.95. The highest BCUT2D eigenvalue weighted by Crippen LogP contribution is 2.19. The lowest BCUT2D eigenvalue weighted by atomic mass is 10.3. The van der Waals surface area contributed by atoms with Gasteiger partial charge in [0.05, 0.1) is 19.9 Å². The number of halogens is 1. The number of hydroxylamine groups is 1. The van der Waals surface area contributed by atoms with Crippen LogP contribution in [0.3, 0.4) is 0 Å². The molecule has 6 nitrogen and oxygen atoms in total. The summed E-state index contributed by atoms with van der Waals surface area (Å²) in [6, 6.07) is 6.05. The van der Waals surface area contributed by atoms with E-state index < -0.39 is 12.2 Å². The van der Waals surface area contributed by atoms with Gasteiger partial charge in [-0.15, -0.1) is 5.06 Å². The molecule has 0 saturated carbocycles. The number of ether oxygens (including phenoxy) is 2. The average Bonchev–Trinajstić information content (AvgIpc) is 2.36. The molecule has 0 aliphatic rings. The van der Waals surface area contributed by atoms with Crippen molar-refractivity contribution in [3.63, 3.8) is 0 Å². The predicted molar refractivity (Wildman–Crippen MR) is 59.8 cm³/mol. The number of benzene rings is 1. The summed E-state index contributed by atoms with van der Waals surface area (Å²) in [5.74, 6) is 0. The first-order valence-corrected chi connectivity index (χ1v) is 4.86. The summed E-state index contributed by atoms with van der Waals surface area (Å²) in [5, 5.41) is 1.14. The standard InChI is InChI=1S/C10H10ClNO5/c1-15-9(13)12(17-10(14)16-2)8-5-3-7(11)4-6-8/h3-6H,1-2H3. The fourth-order valence-corrected chi connectivity index (χ4v) is 1.09. The Morgan fingerprint density at radius 2 is 1.71 bits per heavy atom. The Balaban J connectivity index is 2.93. The predicted octanol–water partition coefficient (Wildman–Crippen LogP) is 2.61. The SMILES string of the molecule is COC(=O)ON(C(=O)OC)c1ccc(Cl)cc1. The number of nitrogens with zero attached hydrogens (tertiary/aromatic N) is 1. The van der Waals surface area contributed by atoms with Crippen LogP contribution in [0.5, 0.6) is 0 Å². The number of hydrogen-bond acceptors (Lipinski definition) is 5. The Labute approximate surface area is 103 Å². The molecule has 0 heterocycles. The van der Waals surface area contributed by atoms with Crippen LogP contribution in [-0.2, 0) is 14.3 Å². The summed E-state index contributed by atoms with van der Waals surface area (Å²) in [4.78, 5) is 27.0. The average molecular weight is 260 g/mol.